The van der Waals surface area contributed by atoms with Gasteiger partial charge in [-0.1, -0.05) is 5.21 Å². The predicted octanol–water partition coefficient (Wildman–Crippen LogP) is -0.374. The van der Waals surface area contributed by atoms with Crippen LogP contribution in [0.3, 0.4) is 0 Å². The maximum absolute atomic E-state index is 8.68. The molecule has 0 saturated carbocycles. The summed E-state index contributed by atoms with van der Waals surface area (Å²) in [5.41, 5.74) is 0.722. The minimum absolute atomic E-state index is 0.399. The molecule has 0 aromatic carbocycles. The Morgan fingerprint density at radius 1 is 1.89 bits per heavy atom. The fourth-order valence-corrected chi connectivity index (χ4v) is 0.537. The van der Waals surface area contributed by atoms with Crippen LogP contribution in [0.25, 0.3) is 0 Å². The smallest absolute Gasteiger partial charge is 0.0988 e. The number of aromatic nitrogens is 3. The zero-order chi connectivity index (χ0) is 6.69. The highest BCUT2D eigenvalue weighted by Crippen LogP contribution is 1.90. The van der Waals surface area contributed by atoms with E-state index in [0.29, 0.717) is 6.54 Å². The van der Waals surface area contributed by atoms with Crippen molar-refractivity contribution in [1.82, 2.24) is 20.5 Å². The van der Waals surface area contributed by atoms with Crippen molar-refractivity contribution >= 4 is 0 Å². The van der Waals surface area contributed by atoms with Gasteiger partial charge in [-0.2, -0.15) is 5.06 Å². The van der Waals surface area contributed by atoms with Crippen LogP contribution in [0.15, 0.2) is 6.20 Å². The third-order valence-electron chi connectivity index (χ3n) is 0.858. The van der Waals surface area contributed by atoms with Crippen molar-refractivity contribution in [2.75, 3.05) is 7.05 Å². The second-order valence-electron chi connectivity index (χ2n) is 1.78. The van der Waals surface area contributed by atoms with Gasteiger partial charge in [-0.05, 0) is 0 Å². The third kappa shape index (κ3) is 1.79. The van der Waals surface area contributed by atoms with Crippen molar-refractivity contribution in [3.05, 3.63) is 11.9 Å². The Hall–Kier alpha value is -0.940. The molecule has 0 aliphatic rings. The normalized spacial score (nSPS) is 10.6. The summed E-state index contributed by atoms with van der Waals surface area (Å²) in [5, 5.41) is 19.4. The van der Waals surface area contributed by atoms with Crippen LogP contribution in [-0.4, -0.2) is 32.7 Å². The molecular formula is C4H8N4O. The molecule has 0 bridgehead atoms. The van der Waals surface area contributed by atoms with Crippen LogP contribution in [0.1, 0.15) is 5.69 Å². The highest BCUT2D eigenvalue weighted by Gasteiger charge is 1.96. The van der Waals surface area contributed by atoms with Crippen molar-refractivity contribution in [3.63, 3.8) is 0 Å². The lowest BCUT2D eigenvalue weighted by atomic mass is 10.5. The van der Waals surface area contributed by atoms with E-state index in [0.717, 1.165) is 10.8 Å². The molecule has 1 aromatic heterocycles. The van der Waals surface area contributed by atoms with Gasteiger partial charge in [-0.15, -0.1) is 5.10 Å². The Kier molecular flexibility index (Phi) is 1.76. The molecule has 0 aliphatic heterocycles. The number of nitrogens with zero attached hydrogens (tertiary/aromatic N) is 3. The van der Waals surface area contributed by atoms with E-state index in [9.17, 15) is 0 Å². The summed E-state index contributed by atoms with van der Waals surface area (Å²) in [5.74, 6) is 0. The highest BCUT2D eigenvalue weighted by molar-refractivity contribution is 4.88. The summed E-state index contributed by atoms with van der Waals surface area (Å²) in [6.07, 6.45) is 1.63. The molecule has 0 unspecified atom stereocenters. The molecule has 0 saturated heterocycles. The average Bonchev–Trinajstić information content (AvgIpc) is 2.15. The summed E-state index contributed by atoms with van der Waals surface area (Å²) >= 11 is 0. The first-order valence-corrected chi connectivity index (χ1v) is 2.54. The molecule has 2 N–H and O–H groups in total. The summed E-state index contributed by atoms with van der Waals surface area (Å²) in [4.78, 5) is 0. The summed E-state index contributed by atoms with van der Waals surface area (Å²) in [6, 6.07) is 0. The van der Waals surface area contributed by atoms with Gasteiger partial charge in [0.2, 0.25) is 0 Å². The predicted molar refractivity (Wildman–Crippen MR) is 29.6 cm³/mol. The minimum Gasteiger partial charge on any atom is -0.314 e. The van der Waals surface area contributed by atoms with E-state index in [-0.39, 0.29) is 0 Å². The Balaban J connectivity index is 2.48. The van der Waals surface area contributed by atoms with Crippen LogP contribution in [0.2, 0.25) is 0 Å². The fourth-order valence-electron chi connectivity index (χ4n) is 0.537. The molecule has 5 heteroatoms. The first-order valence-electron chi connectivity index (χ1n) is 2.54. The Labute approximate surface area is 52.3 Å². The van der Waals surface area contributed by atoms with Gasteiger partial charge in [0.05, 0.1) is 12.2 Å². The molecule has 0 fully saturated rings. The molecule has 1 heterocycles. The van der Waals surface area contributed by atoms with Crippen molar-refractivity contribution in [3.8, 4) is 0 Å². The van der Waals surface area contributed by atoms with Gasteiger partial charge >= 0.3 is 0 Å². The van der Waals surface area contributed by atoms with Crippen molar-refractivity contribution in [2.45, 2.75) is 6.54 Å². The average molecular weight is 128 g/mol. The molecule has 0 atom stereocenters. The number of nitrogens with one attached hydrogen (secondary N) is 1. The number of hydrogen-bond acceptors (Lipinski definition) is 4. The lowest BCUT2D eigenvalue weighted by molar-refractivity contribution is -0.0740. The van der Waals surface area contributed by atoms with Gasteiger partial charge in [0.15, 0.2) is 0 Å². The largest absolute Gasteiger partial charge is 0.314 e. The first kappa shape index (κ1) is 6.18. The van der Waals surface area contributed by atoms with Gasteiger partial charge in [-0.3, -0.25) is 5.10 Å². The summed E-state index contributed by atoms with van der Waals surface area (Å²) in [7, 11) is 1.55. The van der Waals surface area contributed by atoms with Crippen LogP contribution in [-0.2, 0) is 6.54 Å². The lowest BCUT2D eigenvalue weighted by Gasteiger charge is -2.02. The van der Waals surface area contributed by atoms with Gasteiger partial charge < -0.3 is 5.21 Å². The zero-order valence-electron chi connectivity index (χ0n) is 5.07. The van der Waals surface area contributed by atoms with Crippen LogP contribution < -0.4 is 0 Å². The molecule has 9 heavy (non-hydrogen) atoms. The number of aromatic amines is 1. The van der Waals surface area contributed by atoms with Crippen LogP contribution >= 0.6 is 0 Å². The van der Waals surface area contributed by atoms with Gasteiger partial charge in [0, 0.05) is 13.2 Å². The van der Waals surface area contributed by atoms with Crippen LogP contribution in [0.5, 0.6) is 0 Å². The van der Waals surface area contributed by atoms with E-state index in [4.69, 9.17) is 5.21 Å². The number of H-pyrrole nitrogens is 1. The second-order valence-corrected chi connectivity index (χ2v) is 1.78. The van der Waals surface area contributed by atoms with E-state index in [1.54, 1.807) is 13.2 Å². The molecule has 5 nitrogen and oxygen atoms in total. The van der Waals surface area contributed by atoms with E-state index < -0.39 is 0 Å². The fraction of sp³-hybridized carbons (Fsp3) is 0.500. The topological polar surface area (TPSA) is 65.0 Å². The van der Waals surface area contributed by atoms with Crippen molar-refractivity contribution in [1.29, 1.82) is 0 Å². The zero-order valence-corrected chi connectivity index (χ0v) is 5.07. The number of hydrogen-bond donors (Lipinski definition) is 2. The van der Waals surface area contributed by atoms with E-state index in [2.05, 4.69) is 15.4 Å². The minimum atomic E-state index is 0.399. The lowest BCUT2D eigenvalue weighted by Crippen LogP contribution is -2.11. The Morgan fingerprint density at radius 3 is 3.11 bits per heavy atom. The SMILES string of the molecule is CN(O)Cc1c[nH]nn1. The van der Waals surface area contributed by atoms with Crippen LogP contribution in [0.4, 0.5) is 0 Å². The van der Waals surface area contributed by atoms with Gasteiger partial charge in [0.25, 0.3) is 0 Å². The highest BCUT2D eigenvalue weighted by atomic mass is 16.5. The third-order valence-corrected chi connectivity index (χ3v) is 0.858. The molecule has 1 aromatic rings. The second kappa shape index (κ2) is 2.56. The number of hydroxylamine groups is 2. The van der Waals surface area contributed by atoms with Crippen LogP contribution in [0, 0.1) is 0 Å². The molecule has 1 rings (SSSR count). The van der Waals surface area contributed by atoms with Crippen molar-refractivity contribution < 1.29 is 5.21 Å². The van der Waals surface area contributed by atoms with Gasteiger partial charge in [0.1, 0.15) is 0 Å². The summed E-state index contributed by atoms with van der Waals surface area (Å²) < 4.78 is 0. The van der Waals surface area contributed by atoms with Crippen molar-refractivity contribution in [2.24, 2.45) is 0 Å². The standard InChI is InChI=1S/C4H8N4O/c1-8(9)3-4-2-5-7-6-4/h2,9H,3H2,1H3,(H,5,6,7). The van der Waals surface area contributed by atoms with Gasteiger partial charge in [-0.25, -0.2) is 0 Å². The van der Waals surface area contributed by atoms with E-state index in [1.165, 1.54) is 0 Å². The monoisotopic (exact) mass is 128 g/mol. The molecule has 0 radical (unpaired) electrons. The molecular weight excluding hydrogens is 120 g/mol. The molecule has 50 valence electrons. The molecule has 0 amide bonds. The maximum Gasteiger partial charge on any atom is 0.0988 e. The summed E-state index contributed by atoms with van der Waals surface area (Å²) in [6.45, 7) is 0.399. The van der Waals surface area contributed by atoms with E-state index >= 15 is 0 Å². The first-order chi connectivity index (χ1) is 4.29. The molecule has 0 spiro atoms. The maximum atomic E-state index is 8.68. The number of rotatable bonds is 2. The Morgan fingerprint density at radius 2 is 2.67 bits per heavy atom. The molecule has 0 aliphatic carbocycles. The quantitative estimate of drug-likeness (QED) is 0.533. The van der Waals surface area contributed by atoms with E-state index in [1.807, 2.05) is 0 Å². The Bertz CT molecular complexity index is 159.